The van der Waals surface area contributed by atoms with Crippen molar-refractivity contribution in [1.82, 2.24) is 9.78 Å². The maximum atomic E-state index is 6.19. The second-order valence-electron chi connectivity index (χ2n) is 4.56. The summed E-state index contributed by atoms with van der Waals surface area (Å²) in [5, 5.41) is 5.77. The van der Waals surface area contributed by atoms with Gasteiger partial charge in [-0.1, -0.05) is 29.3 Å². The minimum atomic E-state index is -0.0598. The average Bonchev–Trinajstić information content (AvgIpc) is 2.59. The first-order chi connectivity index (χ1) is 8.91. The molecule has 0 N–H and O–H groups in total. The van der Waals surface area contributed by atoms with E-state index in [-0.39, 0.29) is 5.38 Å². The number of aromatic nitrogens is 2. The molecular weight excluding hydrogens is 303 g/mol. The fraction of sp³-hybridized carbons (Fsp3) is 0.357. The van der Waals surface area contributed by atoms with Crippen LogP contribution in [0.1, 0.15) is 34.8 Å². The molecule has 1 unspecified atom stereocenters. The molecule has 0 aliphatic carbocycles. The van der Waals surface area contributed by atoms with Gasteiger partial charge in [0.15, 0.2) is 0 Å². The summed E-state index contributed by atoms with van der Waals surface area (Å²) in [5.41, 5.74) is 3.95. The average molecular weight is 318 g/mol. The standard InChI is InChI=1S/C14H15Cl3N2/c1-8(15)14-9(2)18-19(10(14)3)7-11-12(16)5-4-6-13(11)17/h4-6,8H,7H2,1-3H3. The van der Waals surface area contributed by atoms with Gasteiger partial charge in [0.25, 0.3) is 0 Å². The quantitative estimate of drug-likeness (QED) is 0.715. The molecule has 0 radical (unpaired) electrons. The first-order valence-electron chi connectivity index (χ1n) is 6.02. The van der Waals surface area contributed by atoms with E-state index in [0.717, 1.165) is 22.5 Å². The van der Waals surface area contributed by atoms with Gasteiger partial charge in [0.1, 0.15) is 0 Å². The molecule has 0 saturated carbocycles. The van der Waals surface area contributed by atoms with E-state index in [1.165, 1.54) is 0 Å². The van der Waals surface area contributed by atoms with Crippen LogP contribution in [-0.4, -0.2) is 9.78 Å². The van der Waals surface area contributed by atoms with Gasteiger partial charge in [0, 0.05) is 26.9 Å². The summed E-state index contributed by atoms with van der Waals surface area (Å²) in [5.74, 6) is 0. The van der Waals surface area contributed by atoms with E-state index in [9.17, 15) is 0 Å². The van der Waals surface area contributed by atoms with E-state index in [4.69, 9.17) is 34.8 Å². The van der Waals surface area contributed by atoms with Crippen LogP contribution < -0.4 is 0 Å². The van der Waals surface area contributed by atoms with E-state index < -0.39 is 0 Å². The van der Waals surface area contributed by atoms with Gasteiger partial charge in [-0.25, -0.2) is 0 Å². The molecule has 0 fully saturated rings. The Morgan fingerprint density at radius 1 is 1.21 bits per heavy atom. The number of aryl methyl sites for hydroxylation is 1. The topological polar surface area (TPSA) is 17.8 Å². The van der Waals surface area contributed by atoms with Crippen LogP contribution in [0.25, 0.3) is 0 Å². The van der Waals surface area contributed by atoms with Crippen LogP contribution in [0.2, 0.25) is 10.0 Å². The monoisotopic (exact) mass is 316 g/mol. The molecule has 1 heterocycles. The van der Waals surface area contributed by atoms with Gasteiger partial charge in [-0.05, 0) is 32.9 Å². The van der Waals surface area contributed by atoms with Gasteiger partial charge in [-0.3, -0.25) is 4.68 Å². The highest BCUT2D eigenvalue weighted by molar-refractivity contribution is 6.35. The zero-order valence-corrected chi connectivity index (χ0v) is 13.3. The lowest BCUT2D eigenvalue weighted by Gasteiger charge is -2.09. The normalized spacial score (nSPS) is 12.7. The molecule has 0 saturated heterocycles. The number of halogens is 3. The van der Waals surface area contributed by atoms with E-state index in [2.05, 4.69) is 5.10 Å². The lowest BCUT2D eigenvalue weighted by Crippen LogP contribution is -2.05. The summed E-state index contributed by atoms with van der Waals surface area (Å²) in [6.07, 6.45) is 0. The Morgan fingerprint density at radius 3 is 2.26 bits per heavy atom. The Hall–Kier alpha value is -0.700. The van der Waals surface area contributed by atoms with Crippen molar-refractivity contribution in [2.75, 3.05) is 0 Å². The maximum Gasteiger partial charge on any atom is 0.0692 e. The molecule has 1 atom stereocenters. The van der Waals surface area contributed by atoms with Crippen molar-refractivity contribution < 1.29 is 0 Å². The molecule has 1 aromatic carbocycles. The summed E-state index contributed by atoms with van der Waals surface area (Å²) in [6, 6.07) is 5.50. The lowest BCUT2D eigenvalue weighted by atomic mass is 10.1. The summed E-state index contributed by atoms with van der Waals surface area (Å²) in [6.45, 7) is 6.48. The van der Waals surface area contributed by atoms with E-state index >= 15 is 0 Å². The van der Waals surface area contributed by atoms with Gasteiger partial charge < -0.3 is 0 Å². The molecule has 0 amide bonds. The highest BCUT2D eigenvalue weighted by atomic mass is 35.5. The number of nitrogens with zero attached hydrogens (tertiary/aromatic N) is 2. The van der Waals surface area contributed by atoms with Gasteiger partial charge >= 0.3 is 0 Å². The minimum absolute atomic E-state index is 0.0598. The van der Waals surface area contributed by atoms with E-state index in [1.54, 1.807) is 0 Å². The number of rotatable bonds is 3. The van der Waals surface area contributed by atoms with E-state index in [0.29, 0.717) is 16.6 Å². The van der Waals surface area contributed by atoms with Crippen LogP contribution in [0, 0.1) is 13.8 Å². The minimum Gasteiger partial charge on any atom is -0.265 e. The first-order valence-corrected chi connectivity index (χ1v) is 7.22. The number of hydrogen-bond donors (Lipinski definition) is 0. The fourth-order valence-corrected chi connectivity index (χ4v) is 3.11. The third-order valence-electron chi connectivity index (χ3n) is 3.20. The van der Waals surface area contributed by atoms with Crippen molar-refractivity contribution in [3.8, 4) is 0 Å². The van der Waals surface area contributed by atoms with Crippen molar-refractivity contribution in [2.24, 2.45) is 0 Å². The second kappa shape index (κ2) is 5.74. The Morgan fingerprint density at radius 2 is 1.79 bits per heavy atom. The fourth-order valence-electron chi connectivity index (χ4n) is 2.27. The highest BCUT2D eigenvalue weighted by Gasteiger charge is 2.17. The van der Waals surface area contributed by atoms with Crippen LogP contribution in [0.5, 0.6) is 0 Å². The molecule has 102 valence electrons. The predicted octanol–water partition coefficient (Wildman–Crippen LogP) is 5.15. The SMILES string of the molecule is Cc1nn(Cc2c(Cl)cccc2Cl)c(C)c1C(C)Cl. The molecule has 2 nitrogen and oxygen atoms in total. The zero-order valence-electron chi connectivity index (χ0n) is 11.0. The Balaban J connectivity index is 2.42. The lowest BCUT2D eigenvalue weighted by molar-refractivity contribution is 0.658. The third kappa shape index (κ3) is 2.91. The van der Waals surface area contributed by atoms with Crippen LogP contribution in [-0.2, 0) is 6.54 Å². The molecule has 2 rings (SSSR count). The smallest absolute Gasteiger partial charge is 0.0692 e. The molecule has 19 heavy (non-hydrogen) atoms. The summed E-state index contributed by atoms with van der Waals surface area (Å²) >= 11 is 18.6. The summed E-state index contributed by atoms with van der Waals surface area (Å²) in [4.78, 5) is 0. The van der Waals surface area contributed by atoms with Gasteiger partial charge in [-0.2, -0.15) is 5.10 Å². The highest BCUT2D eigenvalue weighted by Crippen LogP contribution is 2.29. The molecule has 0 aliphatic heterocycles. The van der Waals surface area contributed by atoms with Crippen molar-refractivity contribution in [3.63, 3.8) is 0 Å². The van der Waals surface area contributed by atoms with Gasteiger partial charge in [0.2, 0.25) is 0 Å². The van der Waals surface area contributed by atoms with Crippen LogP contribution in [0.15, 0.2) is 18.2 Å². The largest absolute Gasteiger partial charge is 0.265 e. The second-order valence-corrected chi connectivity index (χ2v) is 6.03. The number of benzene rings is 1. The number of hydrogen-bond acceptors (Lipinski definition) is 1. The Bertz CT molecular complexity index is 583. The summed E-state index contributed by atoms with van der Waals surface area (Å²) in [7, 11) is 0. The van der Waals surface area contributed by atoms with Crippen molar-refractivity contribution in [3.05, 3.63) is 50.8 Å². The molecule has 0 aliphatic rings. The van der Waals surface area contributed by atoms with Gasteiger partial charge in [0.05, 0.1) is 17.6 Å². The third-order valence-corrected chi connectivity index (χ3v) is 4.13. The maximum absolute atomic E-state index is 6.19. The Labute approximate surface area is 128 Å². The molecular formula is C14H15Cl3N2. The van der Waals surface area contributed by atoms with Crippen LogP contribution in [0.4, 0.5) is 0 Å². The predicted molar refractivity (Wildman–Crippen MR) is 81.5 cm³/mol. The zero-order chi connectivity index (χ0) is 14.2. The van der Waals surface area contributed by atoms with Crippen LogP contribution >= 0.6 is 34.8 Å². The molecule has 5 heteroatoms. The van der Waals surface area contributed by atoms with Crippen molar-refractivity contribution >= 4 is 34.8 Å². The molecule has 1 aromatic heterocycles. The molecule has 0 bridgehead atoms. The molecule has 0 spiro atoms. The first kappa shape index (κ1) is 14.7. The molecule has 2 aromatic rings. The van der Waals surface area contributed by atoms with Gasteiger partial charge in [-0.15, -0.1) is 11.6 Å². The summed E-state index contributed by atoms with van der Waals surface area (Å²) < 4.78 is 1.90. The van der Waals surface area contributed by atoms with Crippen LogP contribution in [0.3, 0.4) is 0 Å². The van der Waals surface area contributed by atoms with E-state index in [1.807, 2.05) is 43.7 Å². The Kier molecular flexibility index (Phi) is 4.44. The van der Waals surface area contributed by atoms with Crippen molar-refractivity contribution in [2.45, 2.75) is 32.7 Å². The number of alkyl halides is 1. The van der Waals surface area contributed by atoms with Crippen molar-refractivity contribution in [1.29, 1.82) is 0 Å².